The largest absolute Gasteiger partial charge is 0.494 e. The Balaban J connectivity index is 1.70. The Morgan fingerprint density at radius 3 is 2.00 bits per heavy atom. The summed E-state index contributed by atoms with van der Waals surface area (Å²) in [6, 6.07) is 12.5. The van der Waals surface area contributed by atoms with Gasteiger partial charge in [0.25, 0.3) is 5.91 Å². The molecule has 9 heteroatoms. The number of hydrogen-bond acceptors (Lipinski definition) is 6. The van der Waals surface area contributed by atoms with Gasteiger partial charge >= 0.3 is 7.12 Å². The van der Waals surface area contributed by atoms with Crippen LogP contribution in [0.1, 0.15) is 56.6 Å². The molecule has 3 rings (SSSR count). The van der Waals surface area contributed by atoms with Crippen molar-refractivity contribution in [1.82, 2.24) is 5.32 Å². The standard InChI is InChI=1S/C23H30BNO6S/c1-6-32(28,29)19-13-9-16(10-14-19)20(15-26)25-21(27)17-7-11-18(12-8-17)24-30-22(2,3)23(4,5)31-24/h7-14,20,26H,6,15H2,1-5H3,(H,25,27)/t20-/m0/s1. The van der Waals surface area contributed by atoms with Crippen molar-refractivity contribution in [2.45, 2.75) is 56.8 Å². The van der Waals surface area contributed by atoms with Crippen LogP contribution in [0, 0.1) is 0 Å². The number of rotatable bonds is 7. The Labute approximate surface area is 190 Å². The summed E-state index contributed by atoms with van der Waals surface area (Å²) >= 11 is 0. The summed E-state index contributed by atoms with van der Waals surface area (Å²) < 4.78 is 36.0. The van der Waals surface area contributed by atoms with Crippen molar-refractivity contribution in [2.24, 2.45) is 0 Å². The Hall–Kier alpha value is -2.20. The molecule has 2 N–H and O–H groups in total. The summed E-state index contributed by atoms with van der Waals surface area (Å²) in [5.74, 6) is -0.344. The van der Waals surface area contributed by atoms with Crippen LogP contribution in [0.3, 0.4) is 0 Å². The van der Waals surface area contributed by atoms with Gasteiger partial charge in [-0.2, -0.15) is 0 Å². The number of aliphatic hydroxyl groups is 1. The second-order valence-electron chi connectivity index (χ2n) is 8.89. The van der Waals surface area contributed by atoms with E-state index in [1.807, 2.05) is 27.7 Å². The molecule has 0 aromatic heterocycles. The molecule has 1 aliphatic rings. The maximum Gasteiger partial charge on any atom is 0.494 e. The highest BCUT2D eigenvalue weighted by atomic mass is 32.2. The number of benzene rings is 2. The fourth-order valence-corrected chi connectivity index (χ4v) is 4.20. The number of nitrogens with one attached hydrogen (secondary N) is 1. The van der Waals surface area contributed by atoms with E-state index < -0.39 is 34.2 Å². The Kier molecular flexibility index (Phi) is 6.86. The van der Waals surface area contributed by atoms with Gasteiger partial charge in [0.1, 0.15) is 0 Å². The third kappa shape index (κ3) is 4.91. The molecule has 0 saturated carbocycles. The molecule has 1 fully saturated rings. The SMILES string of the molecule is CCS(=O)(=O)c1ccc([C@H](CO)NC(=O)c2ccc(B3OC(C)(C)C(C)(C)O3)cc2)cc1. The monoisotopic (exact) mass is 459 g/mol. The van der Waals surface area contributed by atoms with E-state index in [9.17, 15) is 18.3 Å². The van der Waals surface area contributed by atoms with E-state index in [0.29, 0.717) is 11.1 Å². The van der Waals surface area contributed by atoms with Crippen molar-refractivity contribution in [3.63, 3.8) is 0 Å². The number of hydrogen-bond donors (Lipinski definition) is 2. The summed E-state index contributed by atoms with van der Waals surface area (Å²) in [7, 11) is -3.82. The average Bonchev–Trinajstić information content (AvgIpc) is 2.99. The molecule has 1 atom stereocenters. The van der Waals surface area contributed by atoms with E-state index in [1.54, 1.807) is 43.3 Å². The van der Waals surface area contributed by atoms with Gasteiger partial charge in [-0.25, -0.2) is 8.42 Å². The van der Waals surface area contributed by atoms with Crippen molar-refractivity contribution < 1.29 is 27.6 Å². The van der Waals surface area contributed by atoms with Gasteiger partial charge in [0.15, 0.2) is 9.84 Å². The van der Waals surface area contributed by atoms with Crippen molar-refractivity contribution in [3.8, 4) is 0 Å². The number of carbonyl (C=O) groups excluding carboxylic acids is 1. The molecule has 2 aromatic carbocycles. The van der Waals surface area contributed by atoms with Gasteiger partial charge in [0, 0.05) is 5.56 Å². The van der Waals surface area contributed by atoms with Gasteiger partial charge in [-0.3, -0.25) is 4.79 Å². The van der Waals surface area contributed by atoms with Crippen molar-refractivity contribution in [3.05, 3.63) is 59.7 Å². The average molecular weight is 459 g/mol. The highest BCUT2D eigenvalue weighted by molar-refractivity contribution is 7.91. The van der Waals surface area contributed by atoms with Crippen molar-refractivity contribution >= 4 is 28.3 Å². The van der Waals surface area contributed by atoms with E-state index in [4.69, 9.17) is 9.31 Å². The van der Waals surface area contributed by atoms with Gasteiger partial charge in [-0.15, -0.1) is 0 Å². The zero-order valence-electron chi connectivity index (χ0n) is 19.1. The van der Waals surface area contributed by atoms with Crippen LogP contribution >= 0.6 is 0 Å². The van der Waals surface area contributed by atoms with E-state index in [2.05, 4.69) is 5.32 Å². The molecule has 172 valence electrons. The molecule has 2 aromatic rings. The molecule has 0 bridgehead atoms. The molecular formula is C23H30BNO6S. The van der Waals surface area contributed by atoms with Gasteiger partial charge in [0.05, 0.1) is 34.5 Å². The third-order valence-electron chi connectivity index (χ3n) is 6.21. The first kappa shape index (κ1) is 24.4. The second-order valence-corrected chi connectivity index (χ2v) is 11.2. The second kappa shape index (κ2) is 8.98. The van der Waals surface area contributed by atoms with E-state index in [0.717, 1.165) is 5.46 Å². The summed E-state index contributed by atoms with van der Waals surface area (Å²) in [6.07, 6.45) is 0. The van der Waals surface area contributed by atoms with Crippen LogP contribution in [-0.4, -0.2) is 50.1 Å². The van der Waals surface area contributed by atoms with Gasteiger partial charge in [-0.1, -0.05) is 31.2 Å². The zero-order valence-corrected chi connectivity index (χ0v) is 19.9. The Bertz CT molecular complexity index is 1050. The first-order valence-electron chi connectivity index (χ1n) is 10.6. The lowest BCUT2D eigenvalue weighted by molar-refractivity contribution is 0.00578. The third-order valence-corrected chi connectivity index (χ3v) is 7.96. The quantitative estimate of drug-likeness (QED) is 0.616. The number of sulfone groups is 1. The van der Waals surface area contributed by atoms with Crippen molar-refractivity contribution in [2.75, 3.05) is 12.4 Å². The maximum absolute atomic E-state index is 12.7. The topological polar surface area (TPSA) is 102 Å². The maximum atomic E-state index is 12.7. The fourth-order valence-electron chi connectivity index (χ4n) is 3.32. The smallest absolute Gasteiger partial charge is 0.399 e. The number of amides is 1. The fraction of sp³-hybridized carbons (Fsp3) is 0.435. The summed E-state index contributed by atoms with van der Waals surface area (Å²) in [6.45, 7) is 9.18. The molecule has 1 heterocycles. The number of aliphatic hydroxyl groups excluding tert-OH is 1. The van der Waals surface area contributed by atoms with Crippen LogP contribution in [0.2, 0.25) is 0 Å². The molecule has 1 amide bonds. The first-order valence-corrected chi connectivity index (χ1v) is 12.3. The summed E-state index contributed by atoms with van der Waals surface area (Å²) in [5.41, 5.74) is 0.951. The normalized spacial score (nSPS) is 18.4. The molecule has 1 saturated heterocycles. The van der Waals surface area contributed by atoms with E-state index in [1.165, 1.54) is 12.1 Å². The van der Waals surface area contributed by atoms with Gasteiger partial charge < -0.3 is 19.7 Å². The molecule has 0 aliphatic carbocycles. The lowest BCUT2D eigenvalue weighted by Crippen LogP contribution is -2.41. The van der Waals surface area contributed by atoms with Gasteiger partial charge in [-0.05, 0) is 63.0 Å². The molecule has 0 radical (unpaired) electrons. The van der Waals surface area contributed by atoms with Crippen LogP contribution in [0.15, 0.2) is 53.4 Å². The Morgan fingerprint density at radius 1 is 1.00 bits per heavy atom. The molecule has 0 spiro atoms. The minimum Gasteiger partial charge on any atom is -0.399 e. The molecular weight excluding hydrogens is 429 g/mol. The van der Waals surface area contributed by atoms with Crippen LogP contribution in [-0.2, 0) is 19.1 Å². The zero-order chi connectivity index (χ0) is 23.7. The van der Waals surface area contributed by atoms with E-state index in [-0.39, 0.29) is 23.2 Å². The predicted molar refractivity (Wildman–Crippen MR) is 124 cm³/mol. The lowest BCUT2D eigenvalue weighted by atomic mass is 9.79. The molecule has 7 nitrogen and oxygen atoms in total. The van der Waals surface area contributed by atoms with Crippen LogP contribution in [0.25, 0.3) is 0 Å². The highest BCUT2D eigenvalue weighted by Gasteiger charge is 2.51. The summed E-state index contributed by atoms with van der Waals surface area (Å²) in [5, 5.41) is 12.6. The van der Waals surface area contributed by atoms with Gasteiger partial charge in [0.2, 0.25) is 0 Å². The number of carbonyl (C=O) groups is 1. The van der Waals surface area contributed by atoms with E-state index >= 15 is 0 Å². The predicted octanol–water partition coefficient (Wildman–Crippen LogP) is 2.24. The van der Waals surface area contributed by atoms with Crippen molar-refractivity contribution in [1.29, 1.82) is 0 Å². The minimum atomic E-state index is -3.31. The van der Waals surface area contributed by atoms with Crippen LogP contribution < -0.4 is 10.8 Å². The Morgan fingerprint density at radius 2 is 1.53 bits per heavy atom. The molecule has 32 heavy (non-hydrogen) atoms. The molecule has 0 unspecified atom stereocenters. The first-order chi connectivity index (χ1) is 14.9. The highest BCUT2D eigenvalue weighted by Crippen LogP contribution is 2.36. The lowest BCUT2D eigenvalue weighted by Gasteiger charge is -2.32. The van der Waals surface area contributed by atoms with Crippen LogP contribution in [0.4, 0.5) is 0 Å². The summed E-state index contributed by atoms with van der Waals surface area (Å²) in [4.78, 5) is 12.9. The minimum absolute atomic E-state index is 0.00837. The van der Waals surface area contributed by atoms with Crippen LogP contribution in [0.5, 0.6) is 0 Å². The molecule has 1 aliphatic heterocycles.